The molecule has 3 heterocycles. The number of ether oxygens (including phenoxy) is 3. The summed E-state index contributed by atoms with van der Waals surface area (Å²) in [6, 6.07) is 8.73. The van der Waals surface area contributed by atoms with E-state index < -0.39 is 21.2 Å². The maximum Gasteiger partial charge on any atom is 0.243 e. The van der Waals surface area contributed by atoms with Crippen LogP contribution in [0.1, 0.15) is 43.6 Å². The summed E-state index contributed by atoms with van der Waals surface area (Å²) >= 11 is 5.93. The topological polar surface area (TPSA) is 117 Å². The van der Waals surface area contributed by atoms with Gasteiger partial charge in [0.15, 0.2) is 0 Å². The number of halogens is 1. The number of rotatable bonds is 9. The summed E-state index contributed by atoms with van der Waals surface area (Å²) in [6.45, 7) is 4.47. The van der Waals surface area contributed by atoms with Gasteiger partial charge in [0.05, 0.1) is 31.1 Å². The Hall–Kier alpha value is -2.89. The van der Waals surface area contributed by atoms with Crippen molar-refractivity contribution in [2.24, 2.45) is 0 Å². The molecule has 0 bridgehead atoms. The Morgan fingerprint density at radius 2 is 1.86 bits per heavy atom. The molecule has 0 aliphatic carbocycles. The normalized spacial score (nSPS) is 17.7. The zero-order chi connectivity index (χ0) is 25.2. The van der Waals surface area contributed by atoms with Crippen LogP contribution in [-0.2, 0) is 14.8 Å². The van der Waals surface area contributed by atoms with Crippen molar-refractivity contribution in [3.63, 3.8) is 0 Å². The minimum Gasteiger partial charge on any atom is -0.494 e. The van der Waals surface area contributed by atoms with Crippen molar-refractivity contribution in [2.45, 2.75) is 37.4 Å². The van der Waals surface area contributed by atoms with E-state index in [1.807, 2.05) is 0 Å². The van der Waals surface area contributed by atoms with Gasteiger partial charge in [-0.3, -0.25) is 14.3 Å². The lowest BCUT2D eigenvalue weighted by atomic mass is 10.0. The molecule has 3 aromatic rings. The average molecular weight is 522 g/mol. The first kappa shape index (κ1) is 25.2. The summed E-state index contributed by atoms with van der Waals surface area (Å²) < 4.78 is 48.0. The molecule has 10 nitrogen and oxygen atoms in total. The zero-order valence-electron chi connectivity index (χ0n) is 19.9. The molecular formula is C23H28ClN5O5S. The lowest BCUT2D eigenvalue weighted by molar-refractivity contribution is 0.193. The number of pyridine rings is 1. The fourth-order valence-corrected chi connectivity index (χ4v) is 5.38. The Bertz CT molecular complexity index is 1250. The molecule has 1 aliphatic heterocycles. The first-order chi connectivity index (χ1) is 16.8. The molecule has 3 atom stereocenters. The van der Waals surface area contributed by atoms with Gasteiger partial charge < -0.3 is 14.2 Å². The van der Waals surface area contributed by atoms with Crippen molar-refractivity contribution < 1.29 is 22.6 Å². The number of aromatic nitrogens is 4. The van der Waals surface area contributed by atoms with Crippen LogP contribution >= 0.6 is 11.6 Å². The molecule has 2 unspecified atom stereocenters. The fraction of sp³-hybridized carbons (Fsp3) is 0.435. The number of nitrogens with zero attached hydrogens (tertiary/aromatic N) is 4. The molecule has 1 aliphatic rings. The lowest BCUT2D eigenvalue weighted by Crippen LogP contribution is -2.31. The number of para-hydroxylation sites is 1. The predicted molar refractivity (Wildman–Crippen MR) is 132 cm³/mol. The Labute approximate surface area is 209 Å². The largest absolute Gasteiger partial charge is 0.494 e. The van der Waals surface area contributed by atoms with Gasteiger partial charge in [-0.05, 0) is 37.6 Å². The highest BCUT2D eigenvalue weighted by molar-refractivity contribution is 7.93. The third-order valence-electron chi connectivity index (χ3n) is 6.25. The number of benzene rings is 1. The van der Waals surface area contributed by atoms with Crippen molar-refractivity contribution >= 4 is 27.6 Å². The molecule has 1 fully saturated rings. The van der Waals surface area contributed by atoms with E-state index in [9.17, 15) is 8.42 Å². The Morgan fingerprint density at radius 1 is 1.14 bits per heavy atom. The second kappa shape index (κ2) is 10.4. The molecule has 188 valence electrons. The molecule has 0 saturated carbocycles. The highest BCUT2D eigenvalue weighted by atomic mass is 35.5. The number of methoxy groups -OCH3 is 2. The van der Waals surface area contributed by atoms with Gasteiger partial charge in [0, 0.05) is 30.3 Å². The van der Waals surface area contributed by atoms with Crippen LogP contribution < -0.4 is 14.2 Å². The number of sulfonamides is 1. The smallest absolute Gasteiger partial charge is 0.243 e. The third kappa shape index (κ3) is 5.07. The highest BCUT2D eigenvalue weighted by Gasteiger charge is 2.33. The van der Waals surface area contributed by atoms with Crippen LogP contribution in [0.4, 0.5) is 5.95 Å². The standard InChI is InChI=1S/C23H28ClN5O5S/c1-14(18-9-8-17(24)12-25-18)15(2)35(30,31)28-23-27-26-22(16-10-11-34-13-16)29(23)21-19(32-3)6-5-7-20(21)33-4/h5-9,12,14-16H,10-11,13H2,1-4H3,(H,27,28)/t14?,15?,16-/m1/s1. The van der Waals surface area contributed by atoms with E-state index in [0.29, 0.717) is 46.9 Å². The van der Waals surface area contributed by atoms with Gasteiger partial charge in [0.2, 0.25) is 16.0 Å². The number of anilines is 1. The Kier molecular flexibility index (Phi) is 7.48. The SMILES string of the molecule is COc1cccc(OC)c1-n1c(NS(=O)(=O)C(C)C(C)c2ccc(Cl)cn2)nnc1[C@@H]1CCOC1. The minimum atomic E-state index is -3.91. The van der Waals surface area contributed by atoms with Crippen LogP contribution in [0.3, 0.4) is 0 Å². The summed E-state index contributed by atoms with van der Waals surface area (Å²) in [5.74, 6) is 1.09. The summed E-state index contributed by atoms with van der Waals surface area (Å²) in [4.78, 5) is 4.28. The molecule has 1 saturated heterocycles. The van der Waals surface area contributed by atoms with Crippen LogP contribution in [0.15, 0.2) is 36.5 Å². The number of hydrogen-bond acceptors (Lipinski definition) is 8. The van der Waals surface area contributed by atoms with Crippen LogP contribution in [0.25, 0.3) is 5.69 Å². The van der Waals surface area contributed by atoms with Gasteiger partial charge in [0.1, 0.15) is 23.0 Å². The molecule has 0 spiro atoms. The van der Waals surface area contributed by atoms with Crippen LogP contribution in [-0.4, -0.2) is 60.8 Å². The number of hydrogen-bond donors (Lipinski definition) is 1. The van der Waals surface area contributed by atoms with Gasteiger partial charge in [-0.25, -0.2) is 8.42 Å². The van der Waals surface area contributed by atoms with E-state index in [2.05, 4.69) is 19.9 Å². The van der Waals surface area contributed by atoms with Gasteiger partial charge in [-0.15, -0.1) is 10.2 Å². The second-order valence-corrected chi connectivity index (χ2v) is 10.8. The van der Waals surface area contributed by atoms with Gasteiger partial charge in [-0.1, -0.05) is 24.6 Å². The molecule has 12 heteroatoms. The summed E-state index contributed by atoms with van der Waals surface area (Å²) in [6.07, 6.45) is 2.23. The summed E-state index contributed by atoms with van der Waals surface area (Å²) in [5.41, 5.74) is 1.12. The second-order valence-electron chi connectivity index (χ2n) is 8.33. The minimum absolute atomic E-state index is 0.0396. The van der Waals surface area contributed by atoms with Crippen molar-refractivity contribution in [3.05, 3.63) is 53.1 Å². The first-order valence-electron chi connectivity index (χ1n) is 11.1. The Morgan fingerprint density at radius 3 is 2.43 bits per heavy atom. The third-order valence-corrected chi connectivity index (χ3v) is 8.33. The first-order valence-corrected chi connectivity index (χ1v) is 13.1. The van der Waals surface area contributed by atoms with Crippen LogP contribution in [0.2, 0.25) is 5.02 Å². The lowest BCUT2D eigenvalue weighted by Gasteiger charge is -2.22. The fourth-order valence-electron chi connectivity index (χ4n) is 4.02. The maximum atomic E-state index is 13.5. The van der Waals surface area contributed by atoms with Gasteiger partial charge in [-0.2, -0.15) is 0 Å². The van der Waals surface area contributed by atoms with Gasteiger partial charge in [0.25, 0.3) is 0 Å². The predicted octanol–water partition coefficient (Wildman–Crippen LogP) is 3.77. The summed E-state index contributed by atoms with van der Waals surface area (Å²) in [7, 11) is -0.839. The summed E-state index contributed by atoms with van der Waals surface area (Å²) in [5, 5.41) is 8.22. The van der Waals surface area contributed by atoms with E-state index in [-0.39, 0.29) is 11.9 Å². The molecule has 0 radical (unpaired) electrons. The number of nitrogens with one attached hydrogen (secondary N) is 1. The molecular weight excluding hydrogens is 494 g/mol. The quantitative estimate of drug-likeness (QED) is 0.452. The van der Waals surface area contributed by atoms with Crippen molar-refractivity contribution in [1.82, 2.24) is 19.7 Å². The highest BCUT2D eigenvalue weighted by Crippen LogP contribution is 2.38. The molecule has 1 N–H and O–H groups in total. The van der Waals surface area contributed by atoms with E-state index in [1.165, 1.54) is 20.4 Å². The maximum absolute atomic E-state index is 13.5. The van der Waals surface area contributed by atoms with Crippen LogP contribution in [0.5, 0.6) is 11.5 Å². The van der Waals surface area contributed by atoms with Crippen molar-refractivity contribution in [1.29, 1.82) is 0 Å². The van der Waals surface area contributed by atoms with E-state index in [0.717, 1.165) is 6.42 Å². The van der Waals surface area contributed by atoms with E-state index in [4.69, 9.17) is 25.8 Å². The van der Waals surface area contributed by atoms with Crippen molar-refractivity contribution in [3.8, 4) is 17.2 Å². The van der Waals surface area contributed by atoms with Crippen LogP contribution in [0, 0.1) is 0 Å². The molecule has 4 rings (SSSR count). The zero-order valence-corrected chi connectivity index (χ0v) is 21.5. The molecule has 2 aromatic heterocycles. The monoisotopic (exact) mass is 521 g/mol. The van der Waals surface area contributed by atoms with Gasteiger partial charge >= 0.3 is 0 Å². The Balaban J connectivity index is 1.76. The molecule has 0 amide bonds. The van der Waals surface area contributed by atoms with E-state index in [1.54, 1.807) is 48.7 Å². The van der Waals surface area contributed by atoms with E-state index >= 15 is 0 Å². The molecule has 1 aromatic carbocycles. The van der Waals surface area contributed by atoms with Crippen molar-refractivity contribution in [2.75, 3.05) is 32.2 Å². The molecule has 35 heavy (non-hydrogen) atoms. The average Bonchev–Trinajstić information content (AvgIpc) is 3.52.